The second kappa shape index (κ2) is 8.46. The number of hydrogen-bond acceptors (Lipinski definition) is 4. The molecule has 0 aliphatic heterocycles. The van der Waals surface area contributed by atoms with E-state index in [-0.39, 0.29) is 0 Å². The Kier molecular flexibility index (Phi) is 6.45. The Balaban J connectivity index is 1.86. The second-order valence-corrected chi connectivity index (χ2v) is 10.0. The number of aryl methyl sites for hydroxylation is 1. The van der Waals surface area contributed by atoms with Crippen molar-refractivity contribution in [3.63, 3.8) is 0 Å². The number of nitrogens with one attached hydrogen (secondary N) is 2. The number of alkyl halides is 3. The zero-order valence-corrected chi connectivity index (χ0v) is 17.8. The average Bonchev–Trinajstić information content (AvgIpc) is 2.97. The van der Waals surface area contributed by atoms with Crippen molar-refractivity contribution in [2.45, 2.75) is 35.6 Å². The third-order valence-corrected chi connectivity index (χ3v) is 6.36. The molecular formula is C18H15Cl4N3OS. The minimum absolute atomic E-state index is 0.342. The largest absolute Gasteiger partial charge is 0.352 e. The number of carbonyl (C=O) groups is 1. The van der Waals surface area contributed by atoms with E-state index in [1.54, 1.807) is 18.2 Å². The summed E-state index contributed by atoms with van der Waals surface area (Å²) in [6, 6.07) is 8.71. The minimum atomic E-state index is -1.83. The summed E-state index contributed by atoms with van der Waals surface area (Å²) in [6.45, 7) is 0. The lowest BCUT2D eigenvalue weighted by molar-refractivity contribution is 0.0942. The van der Waals surface area contributed by atoms with E-state index in [0.29, 0.717) is 21.2 Å². The molecule has 4 nitrogen and oxygen atoms in total. The number of amides is 1. The van der Waals surface area contributed by atoms with Crippen molar-refractivity contribution < 1.29 is 4.79 Å². The summed E-state index contributed by atoms with van der Waals surface area (Å²) in [4.78, 5) is 13.7. The van der Waals surface area contributed by atoms with E-state index in [0.717, 1.165) is 31.2 Å². The number of anilines is 1. The highest BCUT2D eigenvalue weighted by molar-refractivity contribution is 7.16. The molecule has 3 rings (SSSR count). The fourth-order valence-electron chi connectivity index (χ4n) is 2.96. The Bertz CT molecular complexity index is 901. The first-order valence-electron chi connectivity index (χ1n) is 8.24. The van der Waals surface area contributed by atoms with Crippen LogP contribution < -0.4 is 10.6 Å². The van der Waals surface area contributed by atoms with Crippen LogP contribution in [-0.4, -0.2) is 15.9 Å². The Morgan fingerprint density at radius 2 is 2.00 bits per heavy atom. The van der Waals surface area contributed by atoms with Gasteiger partial charge in [-0.25, -0.2) is 0 Å². The lowest BCUT2D eigenvalue weighted by atomic mass is 9.96. The Morgan fingerprint density at radius 3 is 2.67 bits per heavy atom. The average molecular weight is 463 g/mol. The van der Waals surface area contributed by atoms with Crippen molar-refractivity contribution in [1.29, 1.82) is 5.26 Å². The molecule has 0 bridgehead atoms. The smallest absolute Gasteiger partial charge is 0.253 e. The zero-order chi connectivity index (χ0) is 19.6. The molecular weight excluding hydrogens is 448 g/mol. The second-order valence-electron chi connectivity index (χ2n) is 6.13. The molecule has 1 aromatic carbocycles. The van der Waals surface area contributed by atoms with E-state index in [2.05, 4.69) is 16.7 Å². The molecule has 142 valence electrons. The van der Waals surface area contributed by atoms with Crippen molar-refractivity contribution >= 4 is 68.6 Å². The summed E-state index contributed by atoms with van der Waals surface area (Å²) >= 11 is 25.7. The lowest BCUT2D eigenvalue weighted by Crippen LogP contribution is -2.49. The number of nitriles is 1. The molecule has 1 aliphatic carbocycles. The molecule has 0 spiro atoms. The van der Waals surface area contributed by atoms with E-state index in [4.69, 9.17) is 46.4 Å². The van der Waals surface area contributed by atoms with Gasteiger partial charge in [0.25, 0.3) is 5.91 Å². The van der Waals surface area contributed by atoms with Gasteiger partial charge in [0.1, 0.15) is 17.2 Å². The number of thiophene rings is 1. The number of halogens is 4. The predicted octanol–water partition coefficient (Wildman–Crippen LogP) is 5.69. The highest BCUT2D eigenvalue weighted by Crippen LogP contribution is 2.40. The van der Waals surface area contributed by atoms with Gasteiger partial charge in [0.15, 0.2) is 0 Å². The molecule has 2 N–H and O–H groups in total. The SMILES string of the molecule is N#Cc1c(NC(NC(=O)c2cccc(Cl)c2)C(Cl)(Cl)Cl)sc2c1CCCC2. The first kappa shape index (κ1) is 20.6. The number of fused-ring (bicyclic) bond motifs is 1. The zero-order valence-electron chi connectivity index (χ0n) is 14.0. The van der Waals surface area contributed by atoms with Crippen LogP contribution in [0.2, 0.25) is 5.02 Å². The van der Waals surface area contributed by atoms with Gasteiger partial charge in [0.2, 0.25) is 3.79 Å². The van der Waals surface area contributed by atoms with Crippen LogP contribution in [0.15, 0.2) is 24.3 Å². The summed E-state index contributed by atoms with van der Waals surface area (Å²) in [6.07, 6.45) is 2.92. The van der Waals surface area contributed by atoms with Gasteiger partial charge in [-0.2, -0.15) is 5.26 Å². The topological polar surface area (TPSA) is 64.9 Å². The van der Waals surface area contributed by atoms with Crippen molar-refractivity contribution in [2.24, 2.45) is 0 Å². The van der Waals surface area contributed by atoms with Crippen molar-refractivity contribution in [1.82, 2.24) is 5.32 Å². The molecule has 9 heteroatoms. The first-order valence-corrected chi connectivity index (χ1v) is 10.6. The van der Waals surface area contributed by atoms with Gasteiger partial charge >= 0.3 is 0 Å². The van der Waals surface area contributed by atoms with Gasteiger partial charge in [-0.1, -0.05) is 52.5 Å². The Hall–Kier alpha value is -1.16. The van der Waals surface area contributed by atoms with Gasteiger partial charge in [-0.15, -0.1) is 11.3 Å². The van der Waals surface area contributed by atoms with Crippen LogP contribution in [0, 0.1) is 11.3 Å². The lowest BCUT2D eigenvalue weighted by Gasteiger charge is -2.27. The number of rotatable bonds is 4. The number of nitrogens with zero attached hydrogens (tertiary/aromatic N) is 1. The molecule has 1 aromatic heterocycles. The summed E-state index contributed by atoms with van der Waals surface area (Å²) in [7, 11) is 0. The fourth-order valence-corrected chi connectivity index (χ4v) is 4.75. The summed E-state index contributed by atoms with van der Waals surface area (Å²) in [5.74, 6) is -0.443. The molecule has 0 saturated carbocycles. The third-order valence-electron chi connectivity index (χ3n) is 4.25. The van der Waals surface area contributed by atoms with Gasteiger partial charge in [-0.05, 0) is 49.4 Å². The standard InChI is InChI=1S/C18H15Cl4N3OS/c19-11-5-3-4-10(8-11)15(26)24-17(18(20,21)22)25-16-13(9-23)12-6-1-2-7-14(12)27-16/h3-5,8,17,25H,1-2,6-7H2,(H,24,26). The molecule has 1 heterocycles. The van der Waals surface area contributed by atoms with E-state index in [9.17, 15) is 10.1 Å². The van der Waals surface area contributed by atoms with Crippen LogP contribution in [0.3, 0.4) is 0 Å². The van der Waals surface area contributed by atoms with E-state index >= 15 is 0 Å². The van der Waals surface area contributed by atoms with Crippen LogP contribution in [0.4, 0.5) is 5.00 Å². The number of carbonyl (C=O) groups excluding carboxylic acids is 1. The van der Waals surface area contributed by atoms with Crippen molar-refractivity contribution in [3.8, 4) is 6.07 Å². The molecule has 0 fully saturated rings. The van der Waals surface area contributed by atoms with E-state index < -0.39 is 15.9 Å². The molecule has 2 aromatic rings. The van der Waals surface area contributed by atoms with Crippen LogP contribution >= 0.6 is 57.7 Å². The first-order chi connectivity index (χ1) is 12.8. The Labute approximate surface area is 181 Å². The van der Waals surface area contributed by atoms with Gasteiger partial charge in [-0.3, -0.25) is 4.79 Å². The van der Waals surface area contributed by atoms with Crippen LogP contribution in [0.1, 0.15) is 39.2 Å². The van der Waals surface area contributed by atoms with Gasteiger partial charge < -0.3 is 10.6 Å². The molecule has 1 aliphatic rings. The monoisotopic (exact) mass is 461 g/mol. The van der Waals surface area contributed by atoms with Crippen molar-refractivity contribution in [2.75, 3.05) is 5.32 Å². The highest BCUT2D eigenvalue weighted by Gasteiger charge is 2.36. The minimum Gasteiger partial charge on any atom is -0.352 e. The summed E-state index contributed by atoms with van der Waals surface area (Å²) in [5, 5.41) is 16.3. The number of benzene rings is 1. The maximum absolute atomic E-state index is 12.5. The Morgan fingerprint density at radius 1 is 1.26 bits per heavy atom. The quantitative estimate of drug-likeness (QED) is 0.453. The van der Waals surface area contributed by atoms with Crippen LogP contribution in [0.25, 0.3) is 0 Å². The normalized spacial score (nSPS) is 14.8. The van der Waals surface area contributed by atoms with Gasteiger partial charge in [0, 0.05) is 15.5 Å². The third kappa shape index (κ3) is 4.82. The highest BCUT2D eigenvalue weighted by atomic mass is 35.6. The summed E-state index contributed by atoms with van der Waals surface area (Å²) < 4.78 is -1.83. The van der Waals surface area contributed by atoms with E-state index in [1.165, 1.54) is 22.3 Å². The predicted molar refractivity (Wildman–Crippen MR) is 112 cm³/mol. The molecule has 27 heavy (non-hydrogen) atoms. The summed E-state index contributed by atoms with van der Waals surface area (Å²) in [5.41, 5.74) is 1.96. The van der Waals surface area contributed by atoms with Crippen LogP contribution in [0.5, 0.6) is 0 Å². The fraction of sp³-hybridized carbons (Fsp3) is 0.333. The van der Waals surface area contributed by atoms with Crippen LogP contribution in [-0.2, 0) is 12.8 Å². The molecule has 0 saturated heterocycles. The van der Waals surface area contributed by atoms with Crippen molar-refractivity contribution in [3.05, 3.63) is 50.9 Å². The van der Waals surface area contributed by atoms with E-state index in [1.807, 2.05) is 0 Å². The molecule has 1 atom stereocenters. The maximum Gasteiger partial charge on any atom is 0.253 e. The number of hydrogen-bond donors (Lipinski definition) is 2. The molecule has 1 unspecified atom stereocenters. The molecule has 0 radical (unpaired) electrons. The maximum atomic E-state index is 12.5. The van der Waals surface area contributed by atoms with Gasteiger partial charge in [0.05, 0.1) is 5.56 Å². The molecule has 1 amide bonds.